The lowest BCUT2D eigenvalue weighted by Crippen LogP contribution is -2.25. The minimum Gasteiger partial charge on any atom is -0.352 e. The van der Waals surface area contributed by atoms with Gasteiger partial charge in [0, 0.05) is 29.6 Å². The van der Waals surface area contributed by atoms with Gasteiger partial charge in [-0.15, -0.1) is 5.10 Å². The second kappa shape index (κ2) is 8.34. The standard InChI is InChI=1S/C17H18N6O2S/c1-12-4-5-14(9-15(12)23-11-19-21-22-23)20-16(24)3-2-7-18-17(25)13-6-8-26-10-13/h4-6,8-11H,2-3,7H2,1H3,(H,18,25)(H,20,24). The Bertz CT molecular complexity index is 877. The Balaban J connectivity index is 1.48. The number of rotatable bonds is 7. The molecule has 26 heavy (non-hydrogen) atoms. The molecule has 0 saturated heterocycles. The zero-order valence-electron chi connectivity index (χ0n) is 14.2. The molecular weight excluding hydrogens is 352 g/mol. The predicted octanol–water partition coefficient (Wildman–Crippen LogP) is 2.18. The number of nitrogens with zero attached hydrogens (tertiary/aromatic N) is 4. The second-order valence-corrected chi connectivity index (χ2v) is 6.46. The predicted molar refractivity (Wildman–Crippen MR) is 98.4 cm³/mol. The largest absolute Gasteiger partial charge is 0.352 e. The molecule has 2 amide bonds. The molecule has 3 rings (SSSR count). The number of nitrogens with one attached hydrogen (secondary N) is 2. The van der Waals surface area contributed by atoms with Crippen LogP contribution in [0.4, 0.5) is 5.69 Å². The molecule has 3 aromatic rings. The van der Waals surface area contributed by atoms with Gasteiger partial charge in [-0.05, 0) is 52.9 Å². The van der Waals surface area contributed by atoms with E-state index in [1.165, 1.54) is 17.7 Å². The van der Waals surface area contributed by atoms with Crippen molar-refractivity contribution in [2.75, 3.05) is 11.9 Å². The van der Waals surface area contributed by atoms with Crippen LogP contribution in [0.1, 0.15) is 28.8 Å². The third-order valence-electron chi connectivity index (χ3n) is 3.74. The van der Waals surface area contributed by atoms with Crippen molar-refractivity contribution in [3.05, 3.63) is 52.5 Å². The Morgan fingerprint density at radius 1 is 1.27 bits per heavy atom. The highest BCUT2D eigenvalue weighted by atomic mass is 32.1. The number of hydrogen-bond acceptors (Lipinski definition) is 6. The van der Waals surface area contributed by atoms with Gasteiger partial charge in [-0.3, -0.25) is 9.59 Å². The number of amides is 2. The van der Waals surface area contributed by atoms with E-state index in [1.54, 1.807) is 16.1 Å². The summed E-state index contributed by atoms with van der Waals surface area (Å²) in [5.41, 5.74) is 3.12. The quantitative estimate of drug-likeness (QED) is 0.621. The molecule has 2 heterocycles. The average Bonchev–Trinajstić information content (AvgIpc) is 3.33. The molecule has 0 aliphatic heterocycles. The molecule has 9 heteroatoms. The van der Waals surface area contributed by atoms with E-state index in [9.17, 15) is 9.59 Å². The van der Waals surface area contributed by atoms with E-state index in [-0.39, 0.29) is 11.8 Å². The number of aryl methyl sites for hydroxylation is 1. The maximum Gasteiger partial charge on any atom is 0.252 e. The van der Waals surface area contributed by atoms with Gasteiger partial charge in [-0.2, -0.15) is 11.3 Å². The molecule has 2 N–H and O–H groups in total. The van der Waals surface area contributed by atoms with E-state index < -0.39 is 0 Å². The van der Waals surface area contributed by atoms with Crippen molar-refractivity contribution in [2.45, 2.75) is 19.8 Å². The minimum absolute atomic E-state index is 0.110. The summed E-state index contributed by atoms with van der Waals surface area (Å²) in [6.07, 6.45) is 2.38. The average molecular weight is 370 g/mol. The third kappa shape index (κ3) is 4.51. The molecule has 0 bridgehead atoms. The Labute approximate surface area is 154 Å². The molecule has 0 unspecified atom stereocenters. The third-order valence-corrected chi connectivity index (χ3v) is 4.42. The van der Waals surface area contributed by atoms with Crippen molar-refractivity contribution in [3.8, 4) is 5.69 Å². The van der Waals surface area contributed by atoms with Crippen LogP contribution >= 0.6 is 11.3 Å². The van der Waals surface area contributed by atoms with Gasteiger partial charge < -0.3 is 10.6 Å². The van der Waals surface area contributed by atoms with Crippen LogP contribution in [0, 0.1) is 6.92 Å². The Morgan fingerprint density at radius 3 is 2.88 bits per heavy atom. The van der Waals surface area contributed by atoms with E-state index in [4.69, 9.17) is 0 Å². The van der Waals surface area contributed by atoms with Crippen molar-refractivity contribution in [2.24, 2.45) is 0 Å². The number of hydrogen-bond donors (Lipinski definition) is 2. The summed E-state index contributed by atoms with van der Waals surface area (Å²) in [6.45, 7) is 2.39. The number of tetrazole rings is 1. The number of benzene rings is 1. The van der Waals surface area contributed by atoms with Crippen molar-refractivity contribution < 1.29 is 9.59 Å². The van der Waals surface area contributed by atoms with E-state index in [2.05, 4.69) is 26.2 Å². The van der Waals surface area contributed by atoms with Crippen LogP contribution in [-0.2, 0) is 4.79 Å². The van der Waals surface area contributed by atoms with E-state index in [1.807, 2.05) is 30.5 Å². The number of aromatic nitrogens is 4. The molecule has 0 atom stereocenters. The van der Waals surface area contributed by atoms with Crippen LogP contribution in [-0.4, -0.2) is 38.6 Å². The summed E-state index contributed by atoms with van der Waals surface area (Å²) in [5, 5.41) is 20.4. The Hall–Kier alpha value is -3.07. The summed E-state index contributed by atoms with van der Waals surface area (Å²) in [6, 6.07) is 7.32. The smallest absolute Gasteiger partial charge is 0.252 e. The topological polar surface area (TPSA) is 102 Å². The van der Waals surface area contributed by atoms with Gasteiger partial charge in [0.05, 0.1) is 5.69 Å². The Kier molecular flexibility index (Phi) is 5.69. The molecule has 0 spiro atoms. The highest BCUT2D eigenvalue weighted by molar-refractivity contribution is 7.08. The molecule has 0 saturated carbocycles. The van der Waals surface area contributed by atoms with Gasteiger partial charge in [0.25, 0.3) is 5.91 Å². The molecule has 2 aromatic heterocycles. The summed E-state index contributed by atoms with van der Waals surface area (Å²) in [5.74, 6) is -0.224. The lowest BCUT2D eigenvalue weighted by molar-refractivity contribution is -0.116. The maximum absolute atomic E-state index is 12.1. The zero-order chi connectivity index (χ0) is 18.4. The minimum atomic E-state index is -0.115. The number of thiophene rings is 1. The van der Waals surface area contributed by atoms with Crippen LogP contribution in [0.3, 0.4) is 0 Å². The summed E-state index contributed by atoms with van der Waals surface area (Å²) >= 11 is 1.48. The van der Waals surface area contributed by atoms with Gasteiger partial charge in [0.15, 0.2) is 0 Å². The van der Waals surface area contributed by atoms with E-state index in [0.29, 0.717) is 30.6 Å². The monoisotopic (exact) mass is 370 g/mol. The zero-order valence-corrected chi connectivity index (χ0v) is 15.0. The molecule has 0 fully saturated rings. The van der Waals surface area contributed by atoms with Gasteiger partial charge >= 0.3 is 0 Å². The molecule has 134 valence electrons. The van der Waals surface area contributed by atoms with Crippen LogP contribution in [0.5, 0.6) is 0 Å². The lowest BCUT2D eigenvalue weighted by Gasteiger charge is -2.10. The normalized spacial score (nSPS) is 10.5. The number of anilines is 1. The molecule has 0 aliphatic carbocycles. The molecule has 1 aromatic carbocycles. The molecule has 0 aliphatic rings. The first-order chi connectivity index (χ1) is 12.6. The molecular formula is C17H18N6O2S. The van der Waals surface area contributed by atoms with Gasteiger partial charge in [-0.25, -0.2) is 4.68 Å². The second-order valence-electron chi connectivity index (χ2n) is 5.68. The fourth-order valence-electron chi connectivity index (χ4n) is 2.38. The molecule has 8 nitrogen and oxygen atoms in total. The lowest BCUT2D eigenvalue weighted by atomic mass is 10.1. The first-order valence-electron chi connectivity index (χ1n) is 8.08. The van der Waals surface area contributed by atoms with Crippen molar-refractivity contribution in [1.29, 1.82) is 0 Å². The summed E-state index contributed by atoms with van der Waals surface area (Å²) < 4.78 is 1.55. The summed E-state index contributed by atoms with van der Waals surface area (Å²) in [4.78, 5) is 23.9. The highest BCUT2D eigenvalue weighted by Crippen LogP contribution is 2.18. The Morgan fingerprint density at radius 2 is 2.15 bits per heavy atom. The highest BCUT2D eigenvalue weighted by Gasteiger charge is 2.08. The van der Waals surface area contributed by atoms with Crippen molar-refractivity contribution in [3.63, 3.8) is 0 Å². The van der Waals surface area contributed by atoms with Gasteiger partial charge in [0.2, 0.25) is 5.91 Å². The first-order valence-corrected chi connectivity index (χ1v) is 9.02. The first kappa shape index (κ1) is 17.7. The van der Waals surface area contributed by atoms with Crippen LogP contribution in [0.15, 0.2) is 41.4 Å². The van der Waals surface area contributed by atoms with Gasteiger partial charge in [-0.1, -0.05) is 6.07 Å². The fourth-order valence-corrected chi connectivity index (χ4v) is 3.01. The maximum atomic E-state index is 12.1. The van der Waals surface area contributed by atoms with Crippen LogP contribution < -0.4 is 10.6 Å². The summed E-state index contributed by atoms with van der Waals surface area (Å²) in [7, 11) is 0. The molecule has 0 radical (unpaired) electrons. The van der Waals surface area contributed by atoms with Crippen LogP contribution in [0.25, 0.3) is 5.69 Å². The van der Waals surface area contributed by atoms with Gasteiger partial charge in [0.1, 0.15) is 6.33 Å². The number of carbonyl (C=O) groups is 2. The van der Waals surface area contributed by atoms with Crippen molar-refractivity contribution >= 4 is 28.8 Å². The number of carbonyl (C=O) groups excluding carboxylic acids is 2. The van der Waals surface area contributed by atoms with Crippen molar-refractivity contribution in [1.82, 2.24) is 25.5 Å². The fraction of sp³-hybridized carbons (Fsp3) is 0.235. The van der Waals surface area contributed by atoms with E-state index in [0.717, 1.165) is 11.3 Å². The SMILES string of the molecule is Cc1ccc(NC(=O)CCCNC(=O)c2ccsc2)cc1-n1cnnn1. The van der Waals surface area contributed by atoms with E-state index >= 15 is 0 Å². The van der Waals surface area contributed by atoms with Crippen LogP contribution in [0.2, 0.25) is 0 Å².